The van der Waals surface area contributed by atoms with Crippen LogP contribution in [0.15, 0.2) is 47.4 Å². The number of methoxy groups -OCH3 is 1. The van der Waals surface area contributed by atoms with Gasteiger partial charge in [-0.15, -0.1) is 0 Å². The number of piperazine rings is 1. The van der Waals surface area contributed by atoms with Crippen LogP contribution in [0.1, 0.15) is 23.6 Å². The largest absolute Gasteiger partial charge is 0.467 e. The van der Waals surface area contributed by atoms with Crippen LogP contribution in [0.2, 0.25) is 0 Å². The van der Waals surface area contributed by atoms with Crippen molar-refractivity contribution in [3.05, 3.63) is 69.3 Å². The first-order chi connectivity index (χ1) is 16.0. The van der Waals surface area contributed by atoms with Crippen LogP contribution in [0, 0.1) is 24.0 Å². The Labute approximate surface area is 198 Å². The van der Waals surface area contributed by atoms with Gasteiger partial charge in [0.1, 0.15) is 12.1 Å². The second-order valence-corrected chi connectivity index (χ2v) is 10.1. The van der Waals surface area contributed by atoms with Crippen molar-refractivity contribution in [1.29, 1.82) is 0 Å². The minimum absolute atomic E-state index is 0.0618. The van der Waals surface area contributed by atoms with Crippen LogP contribution in [-0.4, -0.2) is 66.7 Å². The number of aryl methyl sites for hydroxylation is 2. The van der Waals surface area contributed by atoms with E-state index in [1.54, 1.807) is 0 Å². The number of sulfonamides is 1. The molecule has 0 aliphatic carbocycles. The summed E-state index contributed by atoms with van der Waals surface area (Å²) in [5.74, 6) is -1.18. The highest BCUT2D eigenvalue weighted by Gasteiger charge is 2.44. The number of hydrogen-bond donors (Lipinski definition) is 0. The lowest BCUT2D eigenvalue weighted by atomic mass is 9.97. The van der Waals surface area contributed by atoms with Crippen LogP contribution in [-0.2, 0) is 30.8 Å². The van der Waals surface area contributed by atoms with Crippen LogP contribution < -0.4 is 0 Å². The summed E-state index contributed by atoms with van der Waals surface area (Å²) >= 11 is 0. The topological polar surface area (TPSA) is 127 Å². The Morgan fingerprint density at radius 2 is 1.88 bits per heavy atom. The van der Waals surface area contributed by atoms with E-state index in [4.69, 9.17) is 4.74 Å². The molecule has 182 valence electrons. The lowest BCUT2D eigenvalue weighted by Crippen LogP contribution is -2.61. The van der Waals surface area contributed by atoms with E-state index in [-0.39, 0.29) is 19.5 Å². The number of nitrogens with zero attached hydrogens (tertiary/aromatic N) is 3. The van der Waals surface area contributed by atoms with Crippen LogP contribution in [0.3, 0.4) is 0 Å². The van der Waals surface area contributed by atoms with Crippen LogP contribution >= 0.6 is 0 Å². The van der Waals surface area contributed by atoms with Gasteiger partial charge in [0, 0.05) is 25.6 Å². The summed E-state index contributed by atoms with van der Waals surface area (Å²) in [6.45, 7) is 5.09. The van der Waals surface area contributed by atoms with Crippen LogP contribution in [0.5, 0.6) is 0 Å². The highest BCUT2D eigenvalue weighted by Crippen LogP contribution is 2.30. The van der Waals surface area contributed by atoms with Crippen molar-refractivity contribution in [2.45, 2.75) is 44.2 Å². The summed E-state index contributed by atoms with van der Waals surface area (Å²) in [5, 5.41) is 11.4. The SMILES string of the molecule is COC(=O)[C@H](Cc1ccc(C)cc1C)N1CCN(S(=O)(=O)c2ccccc2[N+](=O)[O-])[C@@H](C)C1=O. The molecule has 1 amide bonds. The summed E-state index contributed by atoms with van der Waals surface area (Å²) < 4.78 is 32.4. The summed E-state index contributed by atoms with van der Waals surface area (Å²) in [6.07, 6.45) is 0.216. The average molecular weight is 490 g/mol. The first kappa shape index (κ1) is 25.3. The van der Waals surface area contributed by atoms with E-state index < -0.39 is 49.5 Å². The molecule has 0 saturated carbocycles. The second-order valence-electron chi connectivity index (χ2n) is 8.22. The molecule has 2 aromatic carbocycles. The Balaban J connectivity index is 1.91. The highest BCUT2D eigenvalue weighted by molar-refractivity contribution is 7.89. The molecule has 2 atom stereocenters. The molecule has 0 N–H and O–H groups in total. The maximum absolute atomic E-state index is 13.3. The van der Waals surface area contributed by atoms with Crippen molar-refractivity contribution in [1.82, 2.24) is 9.21 Å². The van der Waals surface area contributed by atoms with Gasteiger partial charge in [0.2, 0.25) is 5.91 Å². The Bertz CT molecular complexity index is 1230. The molecule has 1 aliphatic heterocycles. The first-order valence-electron chi connectivity index (χ1n) is 10.7. The molecule has 1 heterocycles. The molecule has 0 radical (unpaired) electrons. The van der Waals surface area contributed by atoms with Crippen molar-refractivity contribution in [3.8, 4) is 0 Å². The summed E-state index contributed by atoms with van der Waals surface area (Å²) in [7, 11) is -3.10. The molecule has 0 spiro atoms. The van der Waals surface area contributed by atoms with Gasteiger partial charge >= 0.3 is 5.97 Å². The molecule has 0 aromatic heterocycles. The molecule has 11 heteroatoms. The number of esters is 1. The molecular weight excluding hydrogens is 462 g/mol. The number of carbonyl (C=O) groups is 2. The van der Waals surface area contributed by atoms with E-state index in [0.29, 0.717) is 0 Å². The normalized spacial score (nSPS) is 17.9. The third-order valence-corrected chi connectivity index (χ3v) is 8.06. The fourth-order valence-corrected chi connectivity index (χ4v) is 5.94. The second kappa shape index (κ2) is 9.90. The van der Waals surface area contributed by atoms with E-state index in [0.717, 1.165) is 33.1 Å². The molecular formula is C23H27N3O7S. The van der Waals surface area contributed by atoms with E-state index in [1.165, 1.54) is 31.1 Å². The monoisotopic (exact) mass is 489 g/mol. The summed E-state index contributed by atoms with van der Waals surface area (Å²) in [5.41, 5.74) is 2.34. The van der Waals surface area contributed by atoms with Gasteiger partial charge in [0.25, 0.3) is 15.7 Å². The molecule has 1 fully saturated rings. The quantitative estimate of drug-likeness (QED) is 0.331. The number of benzene rings is 2. The van der Waals surface area contributed by atoms with Crippen LogP contribution in [0.4, 0.5) is 5.69 Å². The average Bonchev–Trinajstić information content (AvgIpc) is 2.80. The van der Waals surface area contributed by atoms with E-state index in [1.807, 2.05) is 32.0 Å². The number of para-hydroxylation sites is 1. The maximum Gasteiger partial charge on any atom is 0.328 e. The first-order valence-corrected chi connectivity index (χ1v) is 12.1. The Morgan fingerprint density at radius 3 is 2.50 bits per heavy atom. The third-order valence-electron chi connectivity index (χ3n) is 6.04. The number of hydrogen-bond acceptors (Lipinski definition) is 7. The van der Waals surface area contributed by atoms with Gasteiger partial charge in [-0.25, -0.2) is 13.2 Å². The van der Waals surface area contributed by atoms with Gasteiger partial charge in [-0.05, 0) is 38.0 Å². The van der Waals surface area contributed by atoms with E-state index in [9.17, 15) is 28.1 Å². The zero-order valence-corrected chi connectivity index (χ0v) is 20.2. The minimum Gasteiger partial charge on any atom is -0.467 e. The van der Waals surface area contributed by atoms with E-state index in [2.05, 4.69) is 0 Å². The molecule has 34 heavy (non-hydrogen) atoms. The lowest BCUT2D eigenvalue weighted by Gasteiger charge is -2.41. The molecule has 1 aliphatic rings. The number of amides is 1. The Hall–Kier alpha value is -3.31. The molecule has 0 unspecified atom stereocenters. The number of nitro benzene ring substituents is 1. The Kier molecular flexibility index (Phi) is 7.37. The van der Waals surface area contributed by atoms with Gasteiger partial charge in [-0.3, -0.25) is 14.9 Å². The highest BCUT2D eigenvalue weighted by atomic mass is 32.2. The van der Waals surface area contributed by atoms with Gasteiger partial charge in [-0.2, -0.15) is 4.31 Å². The lowest BCUT2D eigenvalue weighted by molar-refractivity contribution is -0.387. The van der Waals surface area contributed by atoms with Gasteiger partial charge in [-0.1, -0.05) is 35.9 Å². The minimum atomic E-state index is -4.34. The molecule has 0 bridgehead atoms. The standard InChI is InChI=1S/C23H27N3O7S/c1-15-9-10-18(16(2)13-15)14-20(23(28)33-4)24-11-12-25(17(3)22(24)27)34(31,32)21-8-6-5-7-19(21)26(29)30/h5-10,13,17,20H,11-12,14H2,1-4H3/t17-,20-/m0/s1. The van der Waals surface area contributed by atoms with Crippen molar-refractivity contribution >= 4 is 27.6 Å². The van der Waals surface area contributed by atoms with Crippen molar-refractivity contribution in [3.63, 3.8) is 0 Å². The maximum atomic E-state index is 13.3. The van der Waals surface area contributed by atoms with Crippen molar-refractivity contribution in [2.24, 2.45) is 0 Å². The molecule has 2 aromatic rings. The third kappa shape index (κ3) is 4.80. The number of ether oxygens (including phenoxy) is 1. The Morgan fingerprint density at radius 1 is 1.21 bits per heavy atom. The van der Waals surface area contributed by atoms with Crippen molar-refractivity contribution < 1.29 is 27.7 Å². The van der Waals surface area contributed by atoms with Gasteiger partial charge in [0.15, 0.2) is 4.90 Å². The summed E-state index contributed by atoms with van der Waals surface area (Å²) in [4.78, 5) is 37.4. The zero-order valence-electron chi connectivity index (χ0n) is 19.4. The van der Waals surface area contributed by atoms with Gasteiger partial charge in [0.05, 0.1) is 12.0 Å². The number of rotatable bonds is 7. The zero-order chi connectivity index (χ0) is 25.2. The molecule has 10 nitrogen and oxygen atoms in total. The number of nitro groups is 1. The fraction of sp³-hybridized carbons (Fsp3) is 0.391. The van der Waals surface area contributed by atoms with Crippen molar-refractivity contribution in [2.75, 3.05) is 20.2 Å². The molecule has 1 saturated heterocycles. The summed E-state index contributed by atoms with van der Waals surface area (Å²) in [6, 6.07) is 8.70. The molecule has 3 rings (SSSR count). The smallest absolute Gasteiger partial charge is 0.328 e. The fourth-order valence-electron chi connectivity index (χ4n) is 4.20. The van der Waals surface area contributed by atoms with E-state index >= 15 is 0 Å². The van der Waals surface area contributed by atoms with Crippen LogP contribution in [0.25, 0.3) is 0 Å². The number of carbonyl (C=O) groups excluding carboxylic acids is 2. The predicted octanol–water partition coefficient (Wildman–Crippen LogP) is 2.22. The van der Waals surface area contributed by atoms with Gasteiger partial charge < -0.3 is 9.64 Å². The predicted molar refractivity (Wildman–Crippen MR) is 124 cm³/mol.